The van der Waals surface area contributed by atoms with Gasteiger partial charge in [-0.2, -0.15) is 0 Å². The summed E-state index contributed by atoms with van der Waals surface area (Å²) in [6.45, 7) is 6.47. The number of nitrogens with zero attached hydrogens (tertiary/aromatic N) is 5. The van der Waals surface area contributed by atoms with Gasteiger partial charge in [-0.15, -0.1) is 5.10 Å². The number of ether oxygens (including phenoxy) is 2. The number of carbonyl (C=O) groups excluding carboxylic acids is 1. The molecule has 0 radical (unpaired) electrons. The quantitative estimate of drug-likeness (QED) is 0.588. The van der Waals surface area contributed by atoms with Gasteiger partial charge in [0.25, 0.3) is 0 Å². The number of benzene rings is 1. The van der Waals surface area contributed by atoms with Gasteiger partial charge in [-0.05, 0) is 19.8 Å². The molecule has 6 rings (SSSR count). The Hall–Kier alpha value is -2.49. The maximum Gasteiger partial charge on any atom is 0.227 e. The molecule has 9 heteroatoms. The molecule has 3 aliphatic rings. The van der Waals surface area contributed by atoms with E-state index in [-0.39, 0.29) is 11.8 Å². The molecule has 174 valence electrons. The zero-order valence-electron chi connectivity index (χ0n) is 18.9. The van der Waals surface area contributed by atoms with Gasteiger partial charge in [0.2, 0.25) is 16.0 Å². The fraction of sp³-hybridized carbons (Fsp3) is 0.542. The van der Waals surface area contributed by atoms with Crippen LogP contribution >= 0.6 is 11.3 Å². The van der Waals surface area contributed by atoms with Crippen molar-refractivity contribution >= 4 is 27.3 Å². The van der Waals surface area contributed by atoms with Crippen LogP contribution in [0.3, 0.4) is 0 Å². The molecule has 1 atom stereocenters. The number of aromatic nitrogens is 3. The molecule has 1 aromatic carbocycles. The zero-order chi connectivity index (χ0) is 22.4. The number of likely N-dealkylation sites (tertiary alicyclic amines) is 1. The van der Waals surface area contributed by atoms with Crippen LogP contribution in [0.15, 0.2) is 30.5 Å². The molecule has 3 aliphatic heterocycles. The van der Waals surface area contributed by atoms with E-state index < -0.39 is 5.79 Å². The summed E-state index contributed by atoms with van der Waals surface area (Å²) in [4.78, 5) is 23.2. The highest BCUT2D eigenvalue weighted by Crippen LogP contribution is 2.34. The van der Waals surface area contributed by atoms with Crippen LogP contribution in [0.4, 0.5) is 5.13 Å². The maximum absolute atomic E-state index is 13.3. The Balaban J connectivity index is 1.12. The molecule has 33 heavy (non-hydrogen) atoms. The van der Waals surface area contributed by atoms with Crippen molar-refractivity contribution in [1.82, 2.24) is 19.5 Å². The smallest absolute Gasteiger partial charge is 0.227 e. The summed E-state index contributed by atoms with van der Waals surface area (Å²) < 4.78 is 13.5. The Bertz CT molecular complexity index is 1110. The first-order chi connectivity index (χ1) is 16.1. The number of imidazole rings is 1. The summed E-state index contributed by atoms with van der Waals surface area (Å²) in [5.74, 6) is -0.171. The summed E-state index contributed by atoms with van der Waals surface area (Å²) >= 11 is 1.59. The van der Waals surface area contributed by atoms with E-state index in [9.17, 15) is 4.79 Å². The third-order valence-corrected chi connectivity index (χ3v) is 8.05. The van der Waals surface area contributed by atoms with E-state index in [1.165, 1.54) is 5.56 Å². The predicted molar refractivity (Wildman–Crippen MR) is 126 cm³/mol. The second-order valence-electron chi connectivity index (χ2n) is 9.32. The molecule has 5 heterocycles. The Kier molecular flexibility index (Phi) is 5.35. The lowest BCUT2D eigenvalue weighted by molar-refractivity contribution is -0.188. The Labute approximate surface area is 197 Å². The number of fused-ring (bicyclic) bond motifs is 1. The highest BCUT2D eigenvalue weighted by atomic mass is 32.1. The molecule has 0 saturated carbocycles. The van der Waals surface area contributed by atoms with Crippen molar-refractivity contribution in [2.24, 2.45) is 5.92 Å². The second-order valence-corrected chi connectivity index (χ2v) is 10.3. The number of carbonyl (C=O) groups is 1. The van der Waals surface area contributed by atoms with Gasteiger partial charge in [0.05, 0.1) is 31.0 Å². The van der Waals surface area contributed by atoms with Crippen LogP contribution in [-0.4, -0.2) is 70.6 Å². The Morgan fingerprint density at radius 3 is 2.61 bits per heavy atom. The number of aryl methyl sites for hydroxylation is 1. The topological polar surface area (TPSA) is 72.2 Å². The average molecular weight is 468 g/mol. The standard InChI is InChI=1S/C24H29N5O3S/c1-17-4-6-18(7-5-17)20-16-29-22(25-20)33-23(26-29)28-10-2-3-19(15-28)21(30)27-11-8-24(9-12-27)31-13-14-32-24/h4-7,16,19H,2-3,8-15H2,1H3/t19-/m0/s1. The Morgan fingerprint density at radius 2 is 1.88 bits per heavy atom. The number of rotatable bonds is 3. The van der Waals surface area contributed by atoms with Gasteiger partial charge in [-0.1, -0.05) is 41.2 Å². The van der Waals surface area contributed by atoms with E-state index in [0.717, 1.165) is 60.1 Å². The molecule has 0 N–H and O–H groups in total. The van der Waals surface area contributed by atoms with Crippen LogP contribution in [0.25, 0.3) is 16.2 Å². The lowest BCUT2D eigenvalue weighted by atomic mass is 9.95. The first kappa shape index (κ1) is 21.1. The van der Waals surface area contributed by atoms with Gasteiger partial charge < -0.3 is 19.3 Å². The van der Waals surface area contributed by atoms with Crippen molar-refractivity contribution in [3.8, 4) is 11.3 Å². The number of hydrogen-bond acceptors (Lipinski definition) is 7. The maximum atomic E-state index is 13.3. The lowest BCUT2D eigenvalue weighted by Gasteiger charge is -2.40. The first-order valence-electron chi connectivity index (χ1n) is 11.8. The lowest BCUT2D eigenvalue weighted by Crippen LogP contribution is -2.51. The molecule has 8 nitrogen and oxygen atoms in total. The van der Waals surface area contributed by atoms with Crippen molar-refractivity contribution in [2.45, 2.75) is 38.4 Å². The van der Waals surface area contributed by atoms with Crippen molar-refractivity contribution < 1.29 is 14.3 Å². The number of hydrogen-bond donors (Lipinski definition) is 0. The number of anilines is 1. The van der Waals surface area contributed by atoms with E-state index in [1.54, 1.807) is 11.3 Å². The average Bonchev–Trinajstić information content (AvgIpc) is 3.55. The SMILES string of the molecule is Cc1ccc(-c2cn3nc(N4CCC[C@H](C(=O)N5CCC6(CC5)OCCO6)C4)sc3n2)cc1. The molecule has 2 aromatic heterocycles. The molecule has 1 spiro atoms. The zero-order valence-corrected chi connectivity index (χ0v) is 19.7. The molecule has 1 amide bonds. The number of piperidine rings is 2. The molecule has 3 aromatic rings. The van der Waals surface area contributed by atoms with E-state index in [4.69, 9.17) is 19.6 Å². The van der Waals surface area contributed by atoms with Crippen LogP contribution in [0.2, 0.25) is 0 Å². The summed E-state index contributed by atoms with van der Waals surface area (Å²) in [5, 5.41) is 5.74. The van der Waals surface area contributed by atoms with E-state index in [1.807, 2.05) is 15.6 Å². The molecular formula is C24H29N5O3S. The van der Waals surface area contributed by atoms with Crippen LogP contribution in [-0.2, 0) is 14.3 Å². The van der Waals surface area contributed by atoms with Crippen molar-refractivity contribution in [1.29, 1.82) is 0 Å². The third kappa shape index (κ3) is 4.02. The summed E-state index contributed by atoms with van der Waals surface area (Å²) in [6.07, 6.45) is 5.45. The minimum atomic E-state index is -0.442. The molecule has 3 saturated heterocycles. The second kappa shape index (κ2) is 8.38. The van der Waals surface area contributed by atoms with Gasteiger partial charge in [-0.25, -0.2) is 9.50 Å². The van der Waals surface area contributed by atoms with Gasteiger partial charge >= 0.3 is 0 Å². The van der Waals surface area contributed by atoms with Crippen LogP contribution in [0.1, 0.15) is 31.2 Å². The van der Waals surface area contributed by atoms with Gasteiger partial charge in [-0.3, -0.25) is 4.79 Å². The largest absolute Gasteiger partial charge is 0.347 e. The molecule has 0 unspecified atom stereocenters. The van der Waals surface area contributed by atoms with Crippen LogP contribution in [0, 0.1) is 12.8 Å². The van der Waals surface area contributed by atoms with Gasteiger partial charge in [0, 0.05) is 44.6 Å². The summed E-state index contributed by atoms with van der Waals surface area (Å²) in [6, 6.07) is 8.39. The highest BCUT2D eigenvalue weighted by Gasteiger charge is 2.42. The van der Waals surface area contributed by atoms with E-state index in [2.05, 4.69) is 36.1 Å². The molecule has 3 fully saturated rings. The monoisotopic (exact) mass is 467 g/mol. The summed E-state index contributed by atoms with van der Waals surface area (Å²) in [7, 11) is 0. The molecular weight excluding hydrogens is 438 g/mol. The molecule has 0 aliphatic carbocycles. The minimum absolute atomic E-state index is 0.0116. The predicted octanol–water partition coefficient (Wildman–Crippen LogP) is 3.35. The van der Waals surface area contributed by atoms with Gasteiger partial charge in [0.15, 0.2) is 5.79 Å². The fourth-order valence-electron chi connectivity index (χ4n) is 5.14. The van der Waals surface area contributed by atoms with E-state index >= 15 is 0 Å². The fourth-order valence-corrected chi connectivity index (χ4v) is 6.06. The third-order valence-electron chi connectivity index (χ3n) is 7.07. The molecule has 0 bridgehead atoms. The van der Waals surface area contributed by atoms with Gasteiger partial charge in [0.1, 0.15) is 0 Å². The normalized spacial score (nSPS) is 23.0. The van der Waals surface area contributed by atoms with E-state index in [0.29, 0.717) is 26.3 Å². The first-order valence-corrected chi connectivity index (χ1v) is 12.7. The van der Waals surface area contributed by atoms with Crippen molar-refractivity contribution in [3.63, 3.8) is 0 Å². The minimum Gasteiger partial charge on any atom is -0.347 e. The Morgan fingerprint density at radius 1 is 1.12 bits per heavy atom. The summed E-state index contributed by atoms with van der Waals surface area (Å²) in [5.41, 5.74) is 3.27. The number of amides is 1. The van der Waals surface area contributed by atoms with Crippen LogP contribution < -0.4 is 4.90 Å². The van der Waals surface area contributed by atoms with Crippen molar-refractivity contribution in [2.75, 3.05) is 44.3 Å². The van der Waals surface area contributed by atoms with Crippen molar-refractivity contribution in [3.05, 3.63) is 36.0 Å². The highest BCUT2D eigenvalue weighted by molar-refractivity contribution is 7.20. The van der Waals surface area contributed by atoms with Crippen LogP contribution in [0.5, 0.6) is 0 Å².